The summed E-state index contributed by atoms with van der Waals surface area (Å²) in [5.41, 5.74) is 0.649. The lowest BCUT2D eigenvalue weighted by atomic mass is 10.1. The van der Waals surface area contributed by atoms with E-state index in [2.05, 4.69) is 5.32 Å². The maximum absolute atomic E-state index is 13.0. The molecular weight excluding hydrogens is 364 g/mol. The summed E-state index contributed by atoms with van der Waals surface area (Å²) in [4.78, 5) is 38.5. The topological polar surface area (TPSA) is 94.2 Å². The summed E-state index contributed by atoms with van der Waals surface area (Å²) in [5.74, 6) is -0.0323. The van der Waals surface area contributed by atoms with Gasteiger partial charge in [0.25, 0.3) is 11.8 Å². The Kier molecular flexibility index (Phi) is 4.44. The molecule has 1 N–H and O–H groups in total. The van der Waals surface area contributed by atoms with Gasteiger partial charge in [-0.05, 0) is 31.2 Å². The van der Waals surface area contributed by atoms with Gasteiger partial charge in [0.1, 0.15) is 11.3 Å². The van der Waals surface area contributed by atoms with Crippen LogP contribution in [-0.2, 0) is 9.59 Å². The average Bonchev–Trinajstić information content (AvgIpc) is 3.14. The van der Waals surface area contributed by atoms with Gasteiger partial charge in [-0.1, -0.05) is 18.2 Å². The Morgan fingerprint density at radius 2 is 1.89 bits per heavy atom. The molecule has 28 heavy (non-hydrogen) atoms. The largest absolute Gasteiger partial charge is 0.493 e. The van der Waals surface area contributed by atoms with Crippen molar-refractivity contribution in [2.75, 3.05) is 18.3 Å². The molecular formula is C20H16N2O6. The van der Waals surface area contributed by atoms with Crippen molar-refractivity contribution in [1.82, 2.24) is 5.32 Å². The van der Waals surface area contributed by atoms with Gasteiger partial charge in [0.15, 0.2) is 11.5 Å². The molecule has 2 aliphatic heterocycles. The van der Waals surface area contributed by atoms with Crippen molar-refractivity contribution in [3.05, 3.63) is 53.6 Å². The molecule has 0 aliphatic carbocycles. The van der Waals surface area contributed by atoms with Crippen LogP contribution in [0.3, 0.4) is 0 Å². The summed E-state index contributed by atoms with van der Waals surface area (Å²) in [6, 6.07) is 10.8. The van der Waals surface area contributed by atoms with Crippen LogP contribution in [0.15, 0.2) is 48.0 Å². The molecule has 8 nitrogen and oxygen atoms in total. The van der Waals surface area contributed by atoms with E-state index in [1.165, 1.54) is 12.1 Å². The molecule has 4 amide bonds. The Bertz CT molecular complexity index is 1010. The van der Waals surface area contributed by atoms with Gasteiger partial charge >= 0.3 is 6.03 Å². The van der Waals surface area contributed by atoms with E-state index in [1.54, 1.807) is 36.4 Å². The Hall–Kier alpha value is -3.81. The number of nitrogens with one attached hydrogen (secondary N) is 1. The first-order valence-corrected chi connectivity index (χ1v) is 8.61. The minimum Gasteiger partial charge on any atom is -0.493 e. The third kappa shape index (κ3) is 3.05. The number of amides is 4. The summed E-state index contributed by atoms with van der Waals surface area (Å²) in [6.45, 7) is 2.33. The number of benzene rings is 2. The molecule has 8 heteroatoms. The number of para-hydroxylation sites is 1. The molecule has 142 valence electrons. The van der Waals surface area contributed by atoms with Crippen LogP contribution >= 0.6 is 0 Å². The number of barbiturate groups is 1. The molecule has 2 aromatic carbocycles. The molecule has 4 rings (SSSR count). The minimum absolute atomic E-state index is 0.0663. The number of carbonyl (C=O) groups is 3. The number of imide groups is 2. The van der Waals surface area contributed by atoms with E-state index in [4.69, 9.17) is 14.2 Å². The fraction of sp³-hybridized carbons (Fsp3) is 0.150. The maximum atomic E-state index is 13.0. The molecule has 1 saturated heterocycles. The molecule has 0 saturated carbocycles. The van der Waals surface area contributed by atoms with Crippen LogP contribution in [0.25, 0.3) is 6.08 Å². The molecule has 0 atom stereocenters. The Morgan fingerprint density at radius 3 is 2.71 bits per heavy atom. The first kappa shape index (κ1) is 17.6. The number of hydrogen-bond acceptors (Lipinski definition) is 6. The summed E-state index contributed by atoms with van der Waals surface area (Å²) in [6.07, 6.45) is 1.41. The van der Waals surface area contributed by atoms with Crippen LogP contribution in [-0.4, -0.2) is 31.2 Å². The lowest BCUT2D eigenvalue weighted by Crippen LogP contribution is -2.54. The fourth-order valence-electron chi connectivity index (χ4n) is 2.96. The highest BCUT2D eigenvalue weighted by Gasteiger charge is 2.37. The molecule has 0 aromatic heterocycles. The van der Waals surface area contributed by atoms with Crippen molar-refractivity contribution in [1.29, 1.82) is 0 Å². The highest BCUT2D eigenvalue weighted by atomic mass is 16.7. The lowest BCUT2D eigenvalue weighted by Gasteiger charge is -2.26. The number of fused-ring (bicyclic) bond motifs is 1. The molecule has 2 aromatic rings. The van der Waals surface area contributed by atoms with Crippen LogP contribution in [0.5, 0.6) is 17.2 Å². The third-order valence-electron chi connectivity index (χ3n) is 4.23. The van der Waals surface area contributed by atoms with Gasteiger partial charge in [0.05, 0.1) is 12.3 Å². The van der Waals surface area contributed by atoms with Crippen LogP contribution in [0.1, 0.15) is 12.5 Å². The van der Waals surface area contributed by atoms with E-state index >= 15 is 0 Å². The number of rotatable bonds is 4. The Labute approximate surface area is 160 Å². The van der Waals surface area contributed by atoms with E-state index in [0.717, 1.165) is 4.90 Å². The first-order valence-electron chi connectivity index (χ1n) is 8.61. The van der Waals surface area contributed by atoms with Crippen molar-refractivity contribution in [2.24, 2.45) is 0 Å². The zero-order chi connectivity index (χ0) is 19.7. The normalized spacial score (nSPS) is 17.1. The zero-order valence-corrected chi connectivity index (χ0v) is 14.9. The number of nitrogens with zero attached hydrogens (tertiary/aromatic N) is 1. The SMILES string of the molecule is CCOc1ccccc1C=C1C(=O)NC(=O)N(c2ccc3c(c2)OCO3)C1=O. The van der Waals surface area contributed by atoms with Crippen LogP contribution in [0, 0.1) is 0 Å². The fourth-order valence-corrected chi connectivity index (χ4v) is 2.96. The molecule has 0 unspecified atom stereocenters. The van der Waals surface area contributed by atoms with Gasteiger partial charge in [0.2, 0.25) is 6.79 Å². The van der Waals surface area contributed by atoms with Crippen LogP contribution in [0.2, 0.25) is 0 Å². The molecule has 2 heterocycles. The summed E-state index contributed by atoms with van der Waals surface area (Å²) < 4.78 is 16.1. The summed E-state index contributed by atoms with van der Waals surface area (Å²) in [7, 11) is 0. The minimum atomic E-state index is -0.830. The number of anilines is 1. The molecule has 0 bridgehead atoms. The van der Waals surface area contributed by atoms with Crippen LogP contribution in [0.4, 0.5) is 10.5 Å². The maximum Gasteiger partial charge on any atom is 0.335 e. The van der Waals surface area contributed by atoms with Crippen molar-refractivity contribution >= 4 is 29.6 Å². The van der Waals surface area contributed by atoms with Crippen molar-refractivity contribution in [2.45, 2.75) is 6.92 Å². The van der Waals surface area contributed by atoms with Crippen LogP contribution < -0.4 is 24.4 Å². The second-order valence-electron chi connectivity index (χ2n) is 5.97. The summed E-state index contributed by atoms with van der Waals surface area (Å²) >= 11 is 0. The predicted octanol–water partition coefficient (Wildman–Crippen LogP) is 2.48. The lowest BCUT2D eigenvalue weighted by molar-refractivity contribution is -0.122. The smallest absolute Gasteiger partial charge is 0.335 e. The first-order chi connectivity index (χ1) is 13.6. The van der Waals surface area contributed by atoms with Gasteiger partial charge in [-0.25, -0.2) is 9.69 Å². The van der Waals surface area contributed by atoms with E-state index in [0.29, 0.717) is 29.4 Å². The second-order valence-corrected chi connectivity index (χ2v) is 5.97. The quantitative estimate of drug-likeness (QED) is 0.647. The van der Waals surface area contributed by atoms with E-state index in [1.807, 2.05) is 6.92 Å². The number of ether oxygens (including phenoxy) is 3. The standard InChI is InChI=1S/C20H16N2O6/c1-2-26-15-6-4-3-5-12(15)9-14-18(23)21-20(25)22(19(14)24)13-7-8-16-17(10-13)28-11-27-16/h3-10H,2,11H2,1H3,(H,21,23,25). The zero-order valence-electron chi connectivity index (χ0n) is 14.9. The monoisotopic (exact) mass is 380 g/mol. The van der Waals surface area contributed by atoms with E-state index in [-0.39, 0.29) is 18.1 Å². The Morgan fingerprint density at radius 1 is 1.11 bits per heavy atom. The van der Waals surface area contributed by atoms with Gasteiger partial charge in [-0.2, -0.15) is 0 Å². The average molecular weight is 380 g/mol. The summed E-state index contributed by atoms with van der Waals surface area (Å²) in [5, 5.41) is 2.19. The number of hydrogen-bond donors (Lipinski definition) is 1. The van der Waals surface area contributed by atoms with Gasteiger partial charge in [0, 0.05) is 11.6 Å². The van der Waals surface area contributed by atoms with E-state index in [9.17, 15) is 14.4 Å². The molecule has 2 aliphatic rings. The Balaban J connectivity index is 1.73. The molecule has 0 spiro atoms. The van der Waals surface area contributed by atoms with Gasteiger partial charge in [-0.3, -0.25) is 14.9 Å². The number of carbonyl (C=O) groups excluding carboxylic acids is 3. The highest BCUT2D eigenvalue weighted by molar-refractivity contribution is 6.39. The van der Waals surface area contributed by atoms with Crippen molar-refractivity contribution < 1.29 is 28.6 Å². The predicted molar refractivity (Wildman–Crippen MR) is 99.2 cm³/mol. The van der Waals surface area contributed by atoms with Crippen molar-refractivity contribution in [3.63, 3.8) is 0 Å². The second kappa shape index (κ2) is 7.07. The van der Waals surface area contributed by atoms with Crippen molar-refractivity contribution in [3.8, 4) is 17.2 Å². The molecule has 0 radical (unpaired) electrons. The molecule has 1 fully saturated rings. The highest BCUT2D eigenvalue weighted by Crippen LogP contribution is 2.36. The van der Waals surface area contributed by atoms with Gasteiger partial charge < -0.3 is 14.2 Å². The van der Waals surface area contributed by atoms with Gasteiger partial charge in [-0.15, -0.1) is 0 Å². The van der Waals surface area contributed by atoms with E-state index < -0.39 is 17.8 Å². The third-order valence-corrected chi connectivity index (χ3v) is 4.23. The number of urea groups is 1.